The molecule has 0 unspecified atom stereocenters. The Labute approximate surface area is 144 Å². The first-order valence-electron chi connectivity index (χ1n) is 8.71. The number of benzene rings is 2. The van der Waals surface area contributed by atoms with Crippen molar-refractivity contribution in [2.24, 2.45) is 0 Å². The van der Waals surface area contributed by atoms with Gasteiger partial charge < -0.3 is 10.0 Å². The van der Waals surface area contributed by atoms with Crippen LogP contribution in [0.1, 0.15) is 23.7 Å². The van der Waals surface area contributed by atoms with Gasteiger partial charge in [-0.05, 0) is 17.5 Å². The van der Waals surface area contributed by atoms with Crippen molar-refractivity contribution < 1.29 is 9.94 Å². The number of hydroxylamine groups is 2. The molecule has 0 bridgehead atoms. The minimum atomic E-state index is -0.0728. The van der Waals surface area contributed by atoms with Gasteiger partial charge in [-0.25, -0.2) is 0 Å². The molecule has 4 nitrogen and oxygen atoms in total. The van der Waals surface area contributed by atoms with Crippen LogP contribution in [0.2, 0.25) is 0 Å². The smallest absolute Gasteiger partial charge is 0.129 e. The molecule has 0 amide bonds. The summed E-state index contributed by atoms with van der Waals surface area (Å²) in [5.74, 6) is 0. The molecule has 1 fully saturated rings. The van der Waals surface area contributed by atoms with Crippen molar-refractivity contribution >= 4 is 0 Å². The van der Waals surface area contributed by atoms with E-state index >= 15 is 0 Å². The molecule has 2 aromatic carbocycles. The molecule has 1 saturated heterocycles. The first-order chi connectivity index (χ1) is 11.9. The van der Waals surface area contributed by atoms with Gasteiger partial charge in [0.05, 0.1) is 0 Å². The molecular formula is C20H26N2O2. The van der Waals surface area contributed by atoms with Gasteiger partial charge in [-0.2, -0.15) is 5.06 Å². The van der Waals surface area contributed by atoms with Gasteiger partial charge in [0.1, 0.15) is 6.10 Å². The molecule has 2 aromatic rings. The van der Waals surface area contributed by atoms with Crippen LogP contribution in [0.5, 0.6) is 0 Å². The molecule has 24 heavy (non-hydrogen) atoms. The van der Waals surface area contributed by atoms with Crippen LogP contribution in [0.25, 0.3) is 0 Å². The molecule has 0 saturated carbocycles. The minimum Gasteiger partial charge on any atom is -0.396 e. The second-order valence-electron chi connectivity index (χ2n) is 6.15. The molecule has 1 aliphatic heterocycles. The van der Waals surface area contributed by atoms with Crippen molar-refractivity contribution in [2.75, 3.05) is 39.3 Å². The van der Waals surface area contributed by atoms with Crippen LogP contribution in [0.15, 0.2) is 60.7 Å². The van der Waals surface area contributed by atoms with Gasteiger partial charge in [0.15, 0.2) is 0 Å². The zero-order valence-corrected chi connectivity index (χ0v) is 14.1. The number of rotatable bonds is 7. The van der Waals surface area contributed by atoms with E-state index in [1.54, 1.807) is 0 Å². The van der Waals surface area contributed by atoms with E-state index in [1.807, 2.05) is 12.1 Å². The highest BCUT2D eigenvalue weighted by Crippen LogP contribution is 2.27. The molecule has 0 atom stereocenters. The lowest BCUT2D eigenvalue weighted by Gasteiger charge is -2.36. The van der Waals surface area contributed by atoms with Crippen molar-refractivity contribution in [2.45, 2.75) is 12.5 Å². The van der Waals surface area contributed by atoms with Crippen LogP contribution >= 0.6 is 0 Å². The average Bonchev–Trinajstić information content (AvgIpc) is 2.67. The molecule has 0 aliphatic carbocycles. The normalized spacial score (nSPS) is 16.6. The Morgan fingerprint density at radius 3 is 1.88 bits per heavy atom. The highest BCUT2D eigenvalue weighted by molar-refractivity contribution is 5.29. The minimum absolute atomic E-state index is 0.0728. The summed E-state index contributed by atoms with van der Waals surface area (Å²) in [7, 11) is 0. The zero-order chi connectivity index (χ0) is 16.6. The molecule has 0 radical (unpaired) electrons. The van der Waals surface area contributed by atoms with Gasteiger partial charge in [-0.15, -0.1) is 0 Å². The third-order valence-corrected chi connectivity index (χ3v) is 4.42. The Morgan fingerprint density at radius 1 is 0.833 bits per heavy atom. The maximum Gasteiger partial charge on any atom is 0.129 e. The summed E-state index contributed by atoms with van der Waals surface area (Å²) >= 11 is 0. The van der Waals surface area contributed by atoms with Crippen molar-refractivity contribution in [3.8, 4) is 0 Å². The predicted molar refractivity (Wildman–Crippen MR) is 95.5 cm³/mol. The monoisotopic (exact) mass is 326 g/mol. The summed E-state index contributed by atoms with van der Waals surface area (Å²) in [5, 5.41) is 11.0. The number of hydrogen-bond donors (Lipinski definition) is 1. The van der Waals surface area contributed by atoms with Crippen LogP contribution in [0.3, 0.4) is 0 Å². The molecule has 128 valence electrons. The summed E-state index contributed by atoms with van der Waals surface area (Å²) in [4.78, 5) is 8.76. The quantitative estimate of drug-likeness (QED) is 0.849. The van der Waals surface area contributed by atoms with E-state index in [-0.39, 0.29) is 12.7 Å². The maximum absolute atomic E-state index is 8.96. The van der Waals surface area contributed by atoms with Crippen molar-refractivity contribution in [3.05, 3.63) is 71.8 Å². The van der Waals surface area contributed by atoms with E-state index in [9.17, 15) is 0 Å². The number of hydrogen-bond acceptors (Lipinski definition) is 4. The number of piperazine rings is 1. The second kappa shape index (κ2) is 8.94. The second-order valence-corrected chi connectivity index (χ2v) is 6.15. The van der Waals surface area contributed by atoms with Crippen molar-refractivity contribution in [1.82, 2.24) is 9.96 Å². The number of aliphatic hydroxyl groups is 1. The number of aliphatic hydroxyl groups excluding tert-OH is 1. The van der Waals surface area contributed by atoms with Crippen LogP contribution in [0, 0.1) is 0 Å². The summed E-state index contributed by atoms with van der Waals surface area (Å²) in [6.45, 7) is 4.97. The lowest BCUT2D eigenvalue weighted by atomic mass is 10.0. The van der Waals surface area contributed by atoms with Crippen LogP contribution in [0.4, 0.5) is 0 Å². The number of nitrogens with zero attached hydrogens (tertiary/aromatic N) is 2. The maximum atomic E-state index is 8.96. The van der Waals surface area contributed by atoms with E-state index in [0.29, 0.717) is 0 Å². The Kier molecular flexibility index (Phi) is 6.38. The molecule has 3 rings (SSSR count). The van der Waals surface area contributed by atoms with Gasteiger partial charge in [0.2, 0.25) is 0 Å². The SMILES string of the molecule is OCCCN1CCN(OC(c2ccccc2)c2ccccc2)CC1. The summed E-state index contributed by atoms with van der Waals surface area (Å²) in [6.07, 6.45) is 0.772. The molecular weight excluding hydrogens is 300 g/mol. The summed E-state index contributed by atoms with van der Waals surface area (Å²) in [5.41, 5.74) is 2.35. The Bertz CT molecular complexity index is 544. The molecule has 0 spiro atoms. The van der Waals surface area contributed by atoms with Crippen molar-refractivity contribution in [1.29, 1.82) is 0 Å². The van der Waals surface area contributed by atoms with Gasteiger partial charge in [0.25, 0.3) is 0 Å². The fraction of sp³-hybridized carbons (Fsp3) is 0.400. The van der Waals surface area contributed by atoms with Gasteiger partial charge in [-0.3, -0.25) is 4.84 Å². The first kappa shape index (κ1) is 17.1. The third kappa shape index (κ3) is 4.65. The molecule has 4 heteroatoms. The Hall–Kier alpha value is -1.72. The summed E-state index contributed by atoms with van der Waals surface area (Å²) in [6, 6.07) is 20.8. The fourth-order valence-electron chi connectivity index (χ4n) is 3.07. The van der Waals surface area contributed by atoms with Gasteiger partial charge in [-0.1, -0.05) is 60.7 Å². The van der Waals surface area contributed by atoms with Crippen LogP contribution in [-0.2, 0) is 4.84 Å². The third-order valence-electron chi connectivity index (χ3n) is 4.42. The van der Waals surface area contributed by atoms with Crippen LogP contribution < -0.4 is 0 Å². The lowest BCUT2D eigenvalue weighted by Crippen LogP contribution is -2.46. The highest BCUT2D eigenvalue weighted by atomic mass is 16.7. The molecule has 1 aliphatic rings. The van der Waals surface area contributed by atoms with Gasteiger partial charge >= 0.3 is 0 Å². The standard InChI is InChI=1S/C20H26N2O2/c23-17-7-12-21-13-15-22(16-14-21)24-20(18-8-3-1-4-9-18)19-10-5-2-6-11-19/h1-6,8-11,20,23H,7,12-17H2. The van der Waals surface area contributed by atoms with E-state index in [2.05, 4.69) is 58.5 Å². The van der Waals surface area contributed by atoms with Crippen LogP contribution in [-0.4, -0.2) is 54.4 Å². The largest absolute Gasteiger partial charge is 0.396 e. The van der Waals surface area contributed by atoms with Crippen molar-refractivity contribution in [3.63, 3.8) is 0 Å². The predicted octanol–water partition coefficient (Wildman–Crippen LogP) is 2.71. The van der Waals surface area contributed by atoms with E-state index in [1.165, 1.54) is 11.1 Å². The van der Waals surface area contributed by atoms with E-state index in [4.69, 9.17) is 9.94 Å². The van der Waals surface area contributed by atoms with E-state index < -0.39 is 0 Å². The Balaban J connectivity index is 1.65. The summed E-state index contributed by atoms with van der Waals surface area (Å²) < 4.78 is 0. The molecule has 1 heterocycles. The zero-order valence-electron chi connectivity index (χ0n) is 14.1. The fourth-order valence-corrected chi connectivity index (χ4v) is 3.07. The van der Waals surface area contributed by atoms with Gasteiger partial charge in [0, 0.05) is 39.3 Å². The van der Waals surface area contributed by atoms with E-state index in [0.717, 1.165) is 39.1 Å². The first-order valence-corrected chi connectivity index (χ1v) is 8.71. The average molecular weight is 326 g/mol. The molecule has 1 N–H and O–H groups in total. The Morgan fingerprint density at radius 2 is 1.38 bits per heavy atom. The lowest BCUT2D eigenvalue weighted by molar-refractivity contribution is -0.203. The topological polar surface area (TPSA) is 35.9 Å². The molecule has 0 aromatic heterocycles. The highest BCUT2D eigenvalue weighted by Gasteiger charge is 2.22.